The molecule has 1 N–H and O–H groups in total. The maximum Gasteiger partial charge on any atom is 0.231 e. The van der Waals surface area contributed by atoms with E-state index in [0.717, 1.165) is 67.6 Å². The second-order valence-electron chi connectivity index (χ2n) is 8.32. The van der Waals surface area contributed by atoms with Crippen LogP contribution in [0.4, 0.5) is 11.4 Å². The van der Waals surface area contributed by atoms with Gasteiger partial charge in [0.1, 0.15) is 11.3 Å². The van der Waals surface area contributed by atoms with Gasteiger partial charge < -0.3 is 29.3 Å². The van der Waals surface area contributed by atoms with Crippen molar-refractivity contribution in [2.45, 2.75) is 25.4 Å². The molecule has 2 aromatic carbocycles. The van der Waals surface area contributed by atoms with Crippen LogP contribution in [0, 0.1) is 0 Å². The normalized spacial score (nSPS) is 18.4. The van der Waals surface area contributed by atoms with Crippen molar-refractivity contribution in [3.05, 3.63) is 48.2 Å². The van der Waals surface area contributed by atoms with Gasteiger partial charge in [0.2, 0.25) is 6.79 Å². The van der Waals surface area contributed by atoms with E-state index in [-0.39, 0.29) is 0 Å². The summed E-state index contributed by atoms with van der Waals surface area (Å²) >= 11 is 0. The molecular formula is C24H26N4O3. The molecule has 0 atom stereocenters. The molecule has 0 spiro atoms. The Labute approximate surface area is 181 Å². The Hall–Kier alpha value is -3.19. The van der Waals surface area contributed by atoms with E-state index in [1.165, 1.54) is 16.6 Å². The fourth-order valence-electron chi connectivity index (χ4n) is 5.02. The summed E-state index contributed by atoms with van der Waals surface area (Å²) in [7, 11) is 1.71. The fourth-order valence-corrected chi connectivity index (χ4v) is 5.02. The van der Waals surface area contributed by atoms with Gasteiger partial charge in [0.05, 0.1) is 19.5 Å². The van der Waals surface area contributed by atoms with Crippen LogP contribution in [-0.2, 0) is 6.54 Å². The lowest BCUT2D eigenvalue weighted by molar-refractivity contribution is 0.174. The van der Waals surface area contributed by atoms with Gasteiger partial charge in [-0.05, 0) is 44.1 Å². The van der Waals surface area contributed by atoms with Crippen molar-refractivity contribution in [1.82, 2.24) is 10.3 Å². The SMILES string of the molecule is COc1cccc2c3c(cnc12)CN(c1ccc2c(c1)OCO2)CN3C1CCNCC1. The average molecular weight is 418 g/mol. The third kappa shape index (κ3) is 3.11. The first-order chi connectivity index (χ1) is 15.3. The number of anilines is 2. The number of aromatic nitrogens is 1. The van der Waals surface area contributed by atoms with Crippen molar-refractivity contribution >= 4 is 22.3 Å². The molecule has 1 fully saturated rings. The number of rotatable bonds is 3. The molecule has 0 unspecified atom stereocenters. The molecule has 3 aromatic rings. The van der Waals surface area contributed by atoms with Crippen molar-refractivity contribution in [3.63, 3.8) is 0 Å². The van der Waals surface area contributed by atoms with E-state index in [9.17, 15) is 0 Å². The van der Waals surface area contributed by atoms with Crippen molar-refractivity contribution in [2.75, 3.05) is 43.5 Å². The standard InChI is InChI=1S/C24H26N4O3/c1-29-21-4-2-3-19-23(21)26-12-16-13-27(18-5-6-20-22(11-18)31-15-30-20)14-28(24(16)19)17-7-9-25-10-8-17/h2-6,11-12,17,25H,7-10,13-15H2,1H3. The minimum atomic E-state index is 0.292. The highest BCUT2D eigenvalue weighted by molar-refractivity contribution is 5.97. The number of piperidine rings is 1. The zero-order valence-corrected chi connectivity index (χ0v) is 17.6. The van der Waals surface area contributed by atoms with Crippen LogP contribution in [0.25, 0.3) is 10.9 Å². The highest BCUT2D eigenvalue weighted by Crippen LogP contribution is 2.42. The summed E-state index contributed by atoms with van der Waals surface area (Å²) in [5.74, 6) is 2.46. The molecule has 1 aromatic heterocycles. The fraction of sp³-hybridized carbons (Fsp3) is 0.375. The molecule has 4 heterocycles. The van der Waals surface area contributed by atoms with Crippen LogP contribution in [0.15, 0.2) is 42.6 Å². The second kappa shape index (κ2) is 7.50. The molecule has 0 bridgehead atoms. The first-order valence-corrected chi connectivity index (χ1v) is 10.9. The van der Waals surface area contributed by atoms with E-state index < -0.39 is 0 Å². The number of pyridine rings is 1. The zero-order valence-electron chi connectivity index (χ0n) is 17.6. The topological polar surface area (TPSA) is 59.1 Å². The minimum absolute atomic E-state index is 0.292. The Bertz CT molecular complexity index is 1130. The zero-order chi connectivity index (χ0) is 20.8. The van der Waals surface area contributed by atoms with Gasteiger partial charge in [0.15, 0.2) is 11.5 Å². The number of para-hydroxylation sites is 1. The summed E-state index contributed by atoms with van der Waals surface area (Å²) in [6.45, 7) is 4.02. The van der Waals surface area contributed by atoms with E-state index in [1.807, 2.05) is 18.3 Å². The summed E-state index contributed by atoms with van der Waals surface area (Å²) in [6, 6.07) is 12.9. The van der Waals surface area contributed by atoms with Gasteiger partial charge >= 0.3 is 0 Å². The minimum Gasteiger partial charge on any atom is -0.494 e. The van der Waals surface area contributed by atoms with Crippen LogP contribution >= 0.6 is 0 Å². The number of hydrogen-bond donors (Lipinski definition) is 1. The molecular weight excluding hydrogens is 392 g/mol. The number of methoxy groups -OCH3 is 1. The number of nitrogens with one attached hydrogen (secondary N) is 1. The first kappa shape index (κ1) is 18.6. The van der Waals surface area contributed by atoms with E-state index >= 15 is 0 Å². The highest BCUT2D eigenvalue weighted by atomic mass is 16.7. The summed E-state index contributed by atoms with van der Waals surface area (Å²) in [4.78, 5) is 9.78. The first-order valence-electron chi connectivity index (χ1n) is 10.9. The molecule has 7 nitrogen and oxygen atoms in total. The Balaban J connectivity index is 1.46. The maximum atomic E-state index is 5.63. The molecule has 0 amide bonds. The Kier molecular flexibility index (Phi) is 4.49. The van der Waals surface area contributed by atoms with Gasteiger partial charge in [-0.3, -0.25) is 4.98 Å². The van der Waals surface area contributed by atoms with Crippen LogP contribution in [-0.4, -0.2) is 44.7 Å². The largest absolute Gasteiger partial charge is 0.494 e. The summed E-state index contributed by atoms with van der Waals surface area (Å²) in [5.41, 5.74) is 4.61. The monoisotopic (exact) mass is 418 g/mol. The van der Waals surface area contributed by atoms with Gasteiger partial charge in [0, 0.05) is 41.5 Å². The van der Waals surface area contributed by atoms with Crippen molar-refractivity contribution in [3.8, 4) is 17.2 Å². The molecule has 31 heavy (non-hydrogen) atoms. The van der Waals surface area contributed by atoms with Crippen LogP contribution < -0.4 is 29.3 Å². The highest BCUT2D eigenvalue weighted by Gasteiger charge is 2.32. The van der Waals surface area contributed by atoms with E-state index in [2.05, 4.69) is 39.4 Å². The number of ether oxygens (including phenoxy) is 3. The van der Waals surface area contributed by atoms with E-state index in [1.54, 1.807) is 7.11 Å². The summed E-state index contributed by atoms with van der Waals surface area (Å²) < 4.78 is 16.7. The second-order valence-corrected chi connectivity index (χ2v) is 8.32. The molecule has 3 aliphatic rings. The van der Waals surface area contributed by atoms with Crippen LogP contribution in [0.5, 0.6) is 17.2 Å². The molecule has 1 saturated heterocycles. The Morgan fingerprint density at radius 2 is 1.97 bits per heavy atom. The van der Waals surface area contributed by atoms with Crippen LogP contribution in [0.3, 0.4) is 0 Å². The smallest absolute Gasteiger partial charge is 0.231 e. The molecule has 6 rings (SSSR count). The van der Waals surface area contributed by atoms with E-state index in [4.69, 9.17) is 19.2 Å². The number of fused-ring (bicyclic) bond motifs is 4. The molecule has 0 saturated carbocycles. The predicted molar refractivity (Wildman–Crippen MR) is 120 cm³/mol. The van der Waals surface area contributed by atoms with Gasteiger partial charge in [-0.1, -0.05) is 12.1 Å². The van der Waals surface area contributed by atoms with Crippen molar-refractivity contribution < 1.29 is 14.2 Å². The average Bonchev–Trinajstić information content (AvgIpc) is 3.31. The number of nitrogens with zero attached hydrogens (tertiary/aromatic N) is 3. The van der Waals surface area contributed by atoms with Crippen molar-refractivity contribution in [2.24, 2.45) is 0 Å². The molecule has 160 valence electrons. The third-order valence-corrected chi connectivity index (χ3v) is 6.57. The van der Waals surface area contributed by atoms with Gasteiger partial charge in [-0.25, -0.2) is 0 Å². The molecule has 3 aliphatic heterocycles. The van der Waals surface area contributed by atoms with Crippen molar-refractivity contribution in [1.29, 1.82) is 0 Å². The number of hydrogen-bond acceptors (Lipinski definition) is 7. The summed E-state index contributed by atoms with van der Waals surface area (Å²) in [5, 5.41) is 4.67. The van der Waals surface area contributed by atoms with E-state index in [0.29, 0.717) is 12.8 Å². The molecule has 0 aliphatic carbocycles. The predicted octanol–water partition coefficient (Wildman–Crippen LogP) is 3.51. The Morgan fingerprint density at radius 1 is 1.10 bits per heavy atom. The van der Waals surface area contributed by atoms with Gasteiger partial charge in [0.25, 0.3) is 0 Å². The van der Waals surface area contributed by atoms with Gasteiger partial charge in [-0.2, -0.15) is 0 Å². The maximum absolute atomic E-state index is 5.63. The number of benzene rings is 2. The lowest BCUT2D eigenvalue weighted by atomic mass is 9.99. The lowest BCUT2D eigenvalue weighted by Gasteiger charge is -2.45. The van der Waals surface area contributed by atoms with Crippen LogP contribution in [0.2, 0.25) is 0 Å². The molecule has 7 heteroatoms. The Morgan fingerprint density at radius 3 is 2.84 bits per heavy atom. The van der Waals surface area contributed by atoms with Crippen LogP contribution in [0.1, 0.15) is 18.4 Å². The summed E-state index contributed by atoms with van der Waals surface area (Å²) in [6.07, 6.45) is 4.28. The lowest BCUT2D eigenvalue weighted by Crippen LogP contribution is -2.51. The quantitative estimate of drug-likeness (QED) is 0.699. The van der Waals surface area contributed by atoms with Gasteiger partial charge in [-0.15, -0.1) is 0 Å². The molecule has 0 radical (unpaired) electrons. The third-order valence-electron chi connectivity index (χ3n) is 6.57.